The average molecular weight is 281 g/mol. The highest BCUT2D eigenvalue weighted by Gasteiger charge is 2.20. The van der Waals surface area contributed by atoms with Gasteiger partial charge in [-0.2, -0.15) is 0 Å². The molecule has 3 aromatic rings. The van der Waals surface area contributed by atoms with Crippen LogP contribution in [0.1, 0.15) is 35.6 Å². The molecule has 2 heterocycles. The molecule has 0 radical (unpaired) electrons. The number of aromatic nitrogens is 3. The topological polar surface area (TPSA) is 50.7 Å². The summed E-state index contributed by atoms with van der Waals surface area (Å²) in [4.78, 5) is 19.6. The first-order valence-corrected chi connectivity index (χ1v) is 7.13. The maximum absolute atomic E-state index is 12.2. The molecule has 0 bridgehead atoms. The van der Waals surface area contributed by atoms with E-state index in [0.29, 0.717) is 11.2 Å². The van der Waals surface area contributed by atoms with E-state index in [0.717, 1.165) is 16.9 Å². The van der Waals surface area contributed by atoms with Gasteiger partial charge in [0, 0.05) is 5.69 Å². The second-order valence-electron chi connectivity index (χ2n) is 5.52. The van der Waals surface area contributed by atoms with Gasteiger partial charge < -0.3 is 9.55 Å². The maximum Gasteiger partial charge on any atom is 0.260 e. The Kier molecular flexibility index (Phi) is 3.16. The second kappa shape index (κ2) is 4.88. The fraction of sp³-hybridized carbons (Fsp3) is 0.294. The van der Waals surface area contributed by atoms with Gasteiger partial charge in [-0.25, -0.2) is 4.98 Å². The molecule has 1 unspecified atom stereocenters. The van der Waals surface area contributed by atoms with E-state index in [1.165, 1.54) is 5.56 Å². The number of aromatic amines is 1. The van der Waals surface area contributed by atoms with Gasteiger partial charge in [0.25, 0.3) is 5.56 Å². The first kappa shape index (κ1) is 13.6. The number of aryl methyl sites for hydroxylation is 2. The third-order valence-electron chi connectivity index (χ3n) is 4.20. The Morgan fingerprint density at radius 1 is 1.14 bits per heavy atom. The Morgan fingerprint density at radius 2 is 1.81 bits per heavy atom. The predicted octanol–water partition coefficient (Wildman–Crippen LogP) is 3.26. The van der Waals surface area contributed by atoms with Gasteiger partial charge in [-0.15, -0.1) is 0 Å². The van der Waals surface area contributed by atoms with Crippen molar-refractivity contribution in [2.75, 3.05) is 0 Å². The lowest BCUT2D eigenvalue weighted by molar-refractivity contribution is 0.638. The van der Waals surface area contributed by atoms with Crippen molar-refractivity contribution in [3.8, 4) is 0 Å². The third-order valence-corrected chi connectivity index (χ3v) is 4.20. The van der Waals surface area contributed by atoms with Crippen LogP contribution in [0.25, 0.3) is 11.0 Å². The zero-order valence-electron chi connectivity index (χ0n) is 12.8. The average Bonchev–Trinajstić information content (AvgIpc) is 2.71. The van der Waals surface area contributed by atoms with Crippen LogP contribution in [0.3, 0.4) is 0 Å². The van der Waals surface area contributed by atoms with Gasteiger partial charge in [0.15, 0.2) is 0 Å². The monoisotopic (exact) mass is 281 g/mol. The number of benzene rings is 1. The van der Waals surface area contributed by atoms with Gasteiger partial charge in [-0.05, 0) is 38.8 Å². The molecule has 0 aliphatic carbocycles. The summed E-state index contributed by atoms with van der Waals surface area (Å²) in [6, 6.07) is 10.4. The van der Waals surface area contributed by atoms with Crippen LogP contribution in [0.5, 0.6) is 0 Å². The summed E-state index contributed by atoms with van der Waals surface area (Å²) in [6.07, 6.45) is 0. The summed E-state index contributed by atoms with van der Waals surface area (Å²) < 4.78 is 2.15. The summed E-state index contributed by atoms with van der Waals surface area (Å²) in [5, 5.41) is 0.695. The van der Waals surface area contributed by atoms with Crippen LogP contribution < -0.4 is 5.56 Å². The first-order chi connectivity index (χ1) is 10.0. The standard InChI is InChI=1S/C17H19N3O/c1-10-11(2)20(12(3)14-8-6-5-7-9-14)16-15(10)17(21)19-13(4)18-16/h5-9,12H,1-4H3,(H,18,19,21). The van der Waals surface area contributed by atoms with Crippen LogP contribution in [-0.2, 0) is 0 Å². The van der Waals surface area contributed by atoms with E-state index in [1.54, 1.807) is 0 Å². The molecule has 4 nitrogen and oxygen atoms in total. The van der Waals surface area contributed by atoms with Gasteiger partial charge in [0.1, 0.15) is 11.5 Å². The number of rotatable bonds is 2. The molecule has 0 amide bonds. The highest BCUT2D eigenvalue weighted by Crippen LogP contribution is 2.28. The summed E-state index contributed by atoms with van der Waals surface area (Å²) in [5.74, 6) is 0.645. The minimum Gasteiger partial charge on any atom is -0.322 e. The molecule has 1 aromatic carbocycles. The van der Waals surface area contributed by atoms with Gasteiger partial charge >= 0.3 is 0 Å². The molecule has 1 atom stereocenters. The Bertz CT molecular complexity index is 859. The van der Waals surface area contributed by atoms with Crippen LogP contribution in [0, 0.1) is 20.8 Å². The van der Waals surface area contributed by atoms with E-state index in [-0.39, 0.29) is 11.6 Å². The molecular weight excluding hydrogens is 262 g/mol. The summed E-state index contributed by atoms with van der Waals surface area (Å²) in [5.41, 5.74) is 4.00. The van der Waals surface area contributed by atoms with Crippen LogP contribution in [0.15, 0.2) is 35.1 Å². The molecule has 0 saturated heterocycles. The lowest BCUT2D eigenvalue weighted by Gasteiger charge is -2.17. The van der Waals surface area contributed by atoms with Crippen LogP contribution in [0.2, 0.25) is 0 Å². The molecule has 3 rings (SSSR count). The number of hydrogen-bond donors (Lipinski definition) is 1. The molecule has 4 heteroatoms. The number of nitrogens with one attached hydrogen (secondary N) is 1. The number of H-pyrrole nitrogens is 1. The normalized spacial score (nSPS) is 12.8. The van der Waals surface area contributed by atoms with E-state index in [1.807, 2.05) is 39.0 Å². The SMILES string of the molecule is Cc1nc2c(c(C)c(C)n2C(C)c2ccccc2)c(=O)[nH]1. The van der Waals surface area contributed by atoms with Crippen molar-refractivity contribution >= 4 is 11.0 Å². The largest absolute Gasteiger partial charge is 0.322 e. The fourth-order valence-electron chi connectivity index (χ4n) is 2.96. The van der Waals surface area contributed by atoms with Crippen molar-refractivity contribution in [1.82, 2.24) is 14.5 Å². The number of hydrogen-bond acceptors (Lipinski definition) is 2. The summed E-state index contributed by atoms with van der Waals surface area (Å²) >= 11 is 0. The Hall–Kier alpha value is -2.36. The van der Waals surface area contributed by atoms with E-state index in [2.05, 4.69) is 33.6 Å². The molecule has 2 aromatic heterocycles. The van der Waals surface area contributed by atoms with Crippen molar-refractivity contribution in [2.24, 2.45) is 0 Å². The van der Waals surface area contributed by atoms with Gasteiger partial charge in [0.05, 0.1) is 11.4 Å². The van der Waals surface area contributed by atoms with Crippen LogP contribution >= 0.6 is 0 Å². The predicted molar refractivity (Wildman–Crippen MR) is 84.8 cm³/mol. The smallest absolute Gasteiger partial charge is 0.260 e. The third kappa shape index (κ3) is 2.07. The molecule has 0 saturated carbocycles. The Morgan fingerprint density at radius 3 is 2.48 bits per heavy atom. The molecular formula is C17H19N3O. The van der Waals surface area contributed by atoms with E-state index in [4.69, 9.17) is 0 Å². The van der Waals surface area contributed by atoms with Crippen molar-refractivity contribution in [3.05, 3.63) is 63.3 Å². The highest BCUT2D eigenvalue weighted by atomic mass is 16.1. The summed E-state index contributed by atoms with van der Waals surface area (Å²) in [7, 11) is 0. The lowest BCUT2D eigenvalue weighted by atomic mass is 10.1. The second-order valence-corrected chi connectivity index (χ2v) is 5.52. The van der Waals surface area contributed by atoms with Crippen molar-refractivity contribution in [2.45, 2.75) is 33.7 Å². The molecule has 0 aliphatic heterocycles. The van der Waals surface area contributed by atoms with Gasteiger partial charge in [0.2, 0.25) is 0 Å². The van der Waals surface area contributed by atoms with E-state index >= 15 is 0 Å². The summed E-state index contributed by atoms with van der Waals surface area (Å²) in [6.45, 7) is 7.98. The zero-order valence-corrected chi connectivity index (χ0v) is 12.8. The van der Waals surface area contributed by atoms with E-state index in [9.17, 15) is 4.79 Å². The van der Waals surface area contributed by atoms with Gasteiger partial charge in [-0.3, -0.25) is 4.79 Å². The number of nitrogens with zero attached hydrogens (tertiary/aromatic N) is 2. The minimum atomic E-state index is -0.0582. The Balaban J connectivity index is 2.33. The van der Waals surface area contributed by atoms with Gasteiger partial charge in [-0.1, -0.05) is 30.3 Å². The molecule has 0 spiro atoms. The van der Waals surface area contributed by atoms with Crippen LogP contribution in [-0.4, -0.2) is 14.5 Å². The molecule has 1 N–H and O–H groups in total. The molecule has 0 fully saturated rings. The molecule has 0 aliphatic rings. The first-order valence-electron chi connectivity index (χ1n) is 7.13. The van der Waals surface area contributed by atoms with Crippen molar-refractivity contribution in [3.63, 3.8) is 0 Å². The van der Waals surface area contributed by atoms with Crippen molar-refractivity contribution < 1.29 is 0 Å². The van der Waals surface area contributed by atoms with E-state index < -0.39 is 0 Å². The zero-order chi connectivity index (χ0) is 15.1. The van der Waals surface area contributed by atoms with Crippen LogP contribution in [0.4, 0.5) is 0 Å². The quantitative estimate of drug-likeness (QED) is 0.784. The van der Waals surface area contributed by atoms with Crippen molar-refractivity contribution in [1.29, 1.82) is 0 Å². The molecule has 108 valence electrons. The fourth-order valence-corrected chi connectivity index (χ4v) is 2.96. The lowest BCUT2D eigenvalue weighted by Crippen LogP contribution is -2.13. The highest BCUT2D eigenvalue weighted by molar-refractivity contribution is 5.81. The maximum atomic E-state index is 12.2. The molecule has 21 heavy (non-hydrogen) atoms. The Labute approximate surface area is 123 Å². The number of fused-ring (bicyclic) bond motifs is 1. The minimum absolute atomic E-state index is 0.0582.